The van der Waals surface area contributed by atoms with E-state index >= 15 is 0 Å². The van der Waals surface area contributed by atoms with E-state index in [4.69, 9.17) is 10.3 Å². The molecule has 1 heterocycles. The number of halogens is 1. The molecule has 7 nitrogen and oxygen atoms in total. The topological polar surface area (TPSA) is 101 Å². The van der Waals surface area contributed by atoms with Crippen molar-refractivity contribution in [2.45, 2.75) is 45.4 Å². The molecule has 25 heavy (non-hydrogen) atoms. The average Bonchev–Trinajstić information content (AvgIpc) is 2.93. The summed E-state index contributed by atoms with van der Waals surface area (Å²) in [6.07, 6.45) is 0.770. The van der Waals surface area contributed by atoms with Crippen LogP contribution in [-0.4, -0.2) is 52.5 Å². The van der Waals surface area contributed by atoms with Crippen LogP contribution in [0, 0.1) is 12.8 Å². The molecule has 3 N–H and O–H groups in total. The Labute approximate surface area is 159 Å². The molecular formula is C16H29ClN4O3S. The number of amides is 2. The number of aromatic nitrogens is 1. The van der Waals surface area contributed by atoms with Crippen molar-refractivity contribution < 1.29 is 14.1 Å². The van der Waals surface area contributed by atoms with Crippen LogP contribution in [0.4, 0.5) is 5.82 Å². The summed E-state index contributed by atoms with van der Waals surface area (Å²) in [7, 11) is 1.76. The van der Waals surface area contributed by atoms with Gasteiger partial charge in [0.05, 0.1) is 11.0 Å². The minimum absolute atomic E-state index is 0. The summed E-state index contributed by atoms with van der Waals surface area (Å²) in [6, 6.07) is 1.73. The van der Waals surface area contributed by atoms with Crippen molar-refractivity contribution in [2.24, 2.45) is 11.7 Å². The molecule has 2 atom stereocenters. The van der Waals surface area contributed by atoms with Crippen molar-refractivity contribution >= 4 is 41.8 Å². The first-order valence-corrected chi connectivity index (χ1v) is 9.11. The number of nitrogens with zero attached hydrogens (tertiary/aromatic N) is 2. The van der Waals surface area contributed by atoms with Crippen molar-refractivity contribution in [2.75, 3.05) is 24.7 Å². The minimum atomic E-state index is -0.364. The van der Waals surface area contributed by atoms with Gasteiger partial charge in [0.15, 0.2) is 5.82 Å². The van der Waals surface area contributed by atoms with Gasteiger partial charge in [-0.15, -0.1) is 24.2 Å². The van der Waals surface area contributed by atoms with Crippen LogP contribution < -0.4 is 11.1 Å². The number of nitrogens with two attached hydrogens (primary N) is 1. The number of carbonyl (C=O) groups is 2. The van der Waals surface area contributed by atoms with E-state index in [1.807, 2.05) is 0 Å². The summed E-state index contributed by atoms with van der Waals surface area (Å²) in [5.41, 5.74) is 5.99. The van der Waals surface area contributed by atoms with Crippen molar-refractivity contribution in [1.82, 2.24) is 10.1 Å². The molecular weight excluding hydrogens is 364 g/mol. The second-order valence-corrected chi connectivity index (χ2v) is 7.61. The van der Waals surface area contributed by atoms with Crippen LogP contribution in [0.25, 0.3) is 0 Å². The maximum atomic E-state index is 12.1. The molecule has 0 radical (unpaired) electrons. The Hall–Kier alpha value is -1.25. The van der Waals surface area contributed by atoms with Gasteiger partial charge >= 0.3 is 0 Å². The van der Waals surface area contributed by atoms with Crippen molar-refractivity contribution in [3.63, 3.8) is 0 Å². The van der Waals surface area contributed by atoms with Crippen molar-refractivity contribution in [3.8, 4) is 0 Å². The Balaban J connectivity index is 0.00000576. The summed E-state index contributed by atoms with van der Waals surface area (Å²) in [5.74, 6) is 1.45. The molecule has 0 aliphatic heterocycles. The van der Waals surface area contributed by atoms with Gasteiger partial charge in [0.1, 0.15) is 5.76 Å². The standard InChI is InChI=1S/C16H28N4O3S.ClH/c1-10(2)13(17)6-7-20(5)15(21)9-24-12(4)16(22)18-14-8-11(3)23-19-14;/h8,10,12-13H,6-7,9,17H2,1-5H3,(H,18,19,22);1H. The molecule has 0 fully saturated rings. The summed E-state index contributed by atoms with van der Waals surface area (Å²) in [6.45, 7) is 8.27. The summed E-state index contributed by atoms with van der Waals surface area (Å²) >= 11 is 1.29. The summed E-state index contributed by atoms with van der Waals surface area (Å²) < 4.78 is 4.90. The van der Waals surface area contributed by atoms with Gasteiger partial charge in [-0.2, -0.15) is 0 Å². The number of thioether (sulfide) groups is 1. The Morgan fingerprint density at radius 2 is 2.04 bits per heavy atom. The molecule has 2 unspecified atom stereocenters. The van der Waals surface area contributed by atoms with Crippen LogP contribution in [0.3, 0.4) is 0 Å². The number of nitrogens with one attached hydrogen (secondary N) is 1. The lowest BCUT2D eigenvalue weighted by atomic mass is 10.0. The van der Waals surface area contributed by atoms with E-state index in [-0.39, 0.29) is 41.3 Å². The zero-order valence-electron chi connectivity index (χ0n) is 15.4. The van der Waals surface area contributed by atoms with E-state index < -0.39 is 0 Å². The molecule has 9 heteroatoms. The molecule has 0 aliphatic rings. The predicted molar refractivity (Wildman–Crippen MR) is 104 cm³/mol. The van der Waals surface area contributed by atoms with Gasteiger partial charge < -0.3 is 20.5 Å². The highest BCUT2D eigenvalue weighted by Gasteiger charge is 2.18. The zero-order valence-corrected chi connectivity index (χ0v) is 17.1. The number of hydrogen-bond donors (Lipinski definition) is 2. The molecule has 0 saturated heterocycles. The van der Waals surface area contributed by atoms with Gasteiger partial charge in [-0.1, -0.05) is 19.0 Å². The maximum absolute atomic E-state index is 12.1. The van der Waals surface area contributed by atoms with Crippen LogP contribution in [0.1, 0.15) is 33.0 Å². The first-order valence-electron chi connectivity index (χ1n) is 8.06. The maximum Gasteiger partial charge on any atom is 0.238 e. The molecule has 2 amide bonds. The molecule has 0 aliphatic carbocycles. The van der Waals surface area contributed by atoms with Gasteiger partial charge in [0, 0.05) is 25.7 Å². The number of hydrogen-bond acceptors (Lipinski definition) is 6. The van der Waals surface area contributed by atoms with E-state index in [0.29, 0.717) is 24.0 Å². The lowest BCUT2D eigenvalue weighted by Crippen LogP contribution is -2.36. The first kappa shape index (κ1) is 23.8. The fourth-order valence-electron chi connectivity index (χ4n) is 1.84. The molecule has 1 aromatic rings. The fraction of sp³-hybridized carbons (Fsp3) is 0.688. The predicted octanol–water partition coefficient (Wildman–Crippen LogP) is 2.30. The molecule has 144 valence electrons. The number of aryl methyl sites for hydroxylation is 1. The lowest BCUT2D eigenvalue weighted by molar-refractivity contribution is -0.127. The molecule has 0 saturated carbocycles. The Morgan fingerprint density at radius 1 is 1.40 bits per heavy atom. The number of anilines is 1. The van der Waals surface area contributed by atoms with Gasteiger partial charge in [0.25, 0.3) is 0 Å². The summed E-state index contributed by atoms with van der Waals surface area (Å²) in [5, 5.41) is 6.01. The van der Waals surface area contributed by atoms with E-state index in [1.165, 1.54) is 11.8 Å². The third kappa shape index (κ3) is 8.60. The van der Waals surface area contributed by atoms with Gasteiger partial charge in [-0.05, 0) is 26.2 Å². The average molecular weight is 393 g/mol. The Morgan fingerprint density at radius 3 is 2.56 bits per heavy atom. The zero-order chi connectivity index (χ0) is 18.3. The van der Waals surface area contributed by atoms with Crippen LogP contribution in [0.15, 0.2) is 10.6 Å². The Bertz CT molecular complexity index is 553. The van der Waals surface area contributed by atoms with E-state index in [9.17, 15) is 9.59 Å². The third-order valence-corrected chi connectivity index (χ3v) is 4.91. The number of carbonyl (C=O) groups excluding carboxylic acids is 2. The Kier molecular flexibility index (Phi) is 10.8. The highest BCUT2D eigenvalue weighted by Crippen LogP contribution is 2.15. The third-order valence-electron chi connectivity index (χ3n) is 3.79. The molecule has 1 aromatic heterocycles. The van der Waals surface area contributed by atoms with Crippen LogP contribution in [0.5, 0.6) is 0 Å². The van der Waals surface area contributed by atoms with E-state index in [2.05, 4.69) is 24.3 Å². The second kappa shape index (κ2) is 11.4. The molecule has 0 spiro atoms. The van der Waals surface area contributed by atoms with Crippen molar-refractivity contribution in [3.05, 3.63) is 11.8 Å². The van der Waals surface area contributed by atoms with Gasteiger partial charge in [0.2, 0.25) is 11.8 Å². The van der Waals surface area contributed by atoms with Crippen LogP contribution in [0.2, 0.25) is 0 Å². The van der Waals surface area contributed by atoms with Gasteiger partial charge in [-0.25, -0.2) is 0 Å². The lowest BCUT2D eigenvalue weighted by Gasteiger charge is -2.22. The largest absolute Gasteiger partial charge is 0.360 e. The molecule has 1 rings (SSSR count). The highest BCUT2D eigenvalue weighted by molar-refractivity contribution is 8.01. The van der Waals surface area contributed by atoms with E-state index in [0.717, 1.165) is 6.42 Å². The minimum Gasteiger partial charge on any atom is -0.360 e. The van der Waals surface area contributed by atoms with Gasteiger partial charge in [-0.3, -0.25) is 9.59 Å². The normalized spacial score (nSPS) is 13.1. The monoisotopic (exact) mass is 392 g/mol. The molecule has 0 bridgehead atoms. The quantitative estimate of drug-likeness (QED) is 0.668. The number of rotatable bonds is 9. The highest BCUT2D eigenvalue weighted by atomic mass is 35.5. The summed E-state index contributed by atoms with van der Waals surface area (Å²) in [4.78, 5) is 25.8. The molecule has 0 aromatic carbocycles. The SMILES string of the molecule is Cc1cc(NC(=O)C(C)SCC(=O)N(C)CCC(N)C(C)C)no1.Cl. The van der Waals surface area contributed by atoms with Crippen LogP contribution >= 0.6 is 24.2 Å². The van der Waals surface area contributed by atoms with Crippen LogP contribution in [-0.2, 0) is 9.59 Å². The smallest absolute Gasteiger partial charge is 0.238 e. The second-order valence-electron chi connectivity index (χ2n) is 6.28. The van der Waals surface area contributed by atoms with E-state index in [1.54, 1.807) is 31.9 Å². The first-order chi connectivity index (χ1) is 11.2. The fourth-order valence-corrected chi connectivity index (χ4v) is 2.66. The van der Waals surface area contributed by atoms with Crippen molar-refractivity contribution in [1.29, 1.82) is 0 Å².